The number of benzene rings is 1. The molecule has 0 N–H and O–H groups in total. The minimum atomic E-state index is -0.0197. The van der Waals surface area contributed by atoms with Gasteiger partial charge < -0.3 is 4.74 Å². The lowest BCUT2D eigenvalue weighted by atomic mass is 10.2. The van der Waals surface area contributed by atoms with E-state index in [4.69, 9.17) is 4.74 Å². The highest BCUT2D eigenvalue weighted by atomic mass is 32.2. The smallest absolute Gasteiger partial charge is 0.240 e. The molecule has 2 heterocycles. The number of anilines is 1. The Morgan fingerprint density at radius 3 is 3.11 bits per heavy atom. The molecule has 98 valence electrons. The van der Waals surface area contributed by atoms with Gasteiger partial charge in [0.15, 0.2) is 5.13 Å². The first-order chi connectivity index (χ1) is 9.29. The fourth-order valence-corrected chi connectivity index (χ4v) is 3.91. The second-order valence-corrected chi connectivity index (χ2v) is 5.96. The quantitative estimate of drug-likeness (QED) is 0.872. The van der Waals surface area contributed by atoms with E-state index < -0.39 is 0 Å². The molecule has 4 nitrogen and oxygen atoms in total. The lowest BCUT2D eigenvalue weighted by Gasteiger charge is -2.21. The third kappa shape index (κ3) is 2.33. The van der Waals surface area contributed by atoms with Crippen LogP contribution in [-0.4, -0.2) is 23.8 Å². The van der Waals surface area contributed by atoms with Gasteiger partial charge in [-0.15, -0.1) is 23.1 Å². The summed E-state index contributed by atoms with van der Waals surface area (Å²) in [7, 11) is 1.64. The first kappa shape index (κ1) is 12.5. The number of hydrogen-bond donors (Lipinski definition) is 0. The van der Waals surface area contributed by atoms with Crippen LogP contribution in [0.3, 0.4) is 0 Å². The van der Waals surface area contributed by atoms with E-state index in [1.807, 2.05) is 29.6 Å². The fourth-order valence-electron chi connectivity index (χ4n) is 2.01. The summed E-state index contributed by atoms with van der Waals surface area (Å²) in [5.74, 6) is 1.39. The third-order valence-corrected chi connectivity index (χ3v) is 4.86. The van der Waals surface area contributed by atoms with Gasteiger partial charge in [0.05, 0.1) is 12.9 Å². The maximum absolute atomic E-state index is 12.1. The normalized spacial score (nSPS) is 18.9. The first-order valence-corrected chi connectivity index (χ1v) is 7.69. The molecule has 6 heteroatoms. The summed E-state index contributed by atoms with van der Waals surface area (Å²) >= 11 is 3.10. The average Bonchev–Trinajstić information content (AvgIpc) is 3.07. The van der Waals surface area contributed by atoms with Gasteiger partial charge in [0.1, 0.15) is 11.1 Å². The number of aromatic nitrogens is 1. The van der Waals surface area contributed by atoms with E-state index in [-0.39, 0.29) is 11.3 Å². The molecule has 1 aromatic carbocycles. The van der Waals surface area contributed by atoms with Crippen molar-refractivity contribution in [3.05, 3.63) is 41.4 Å². The van der Waals surface area contributed by atoms with Crippen LogP contribution in [0.5, 0.6) is 5.75 Å². The van der Waals surface area contributed by atoms with Crippen molar-refractivity contribution in [1.29, 1.82) is 0 Å². The lowest BCUT2D eigenvalue weighted by molar-refractivity contribution is -0.115. The number of thiazole rings is 1. The van der Waals surface area contributed by atoms with Crippen LogP contribution >= 0.6 is 23.1 Å². The Balaban J connectivity index is 1.96. The van der Waals surface area contributed by atoms with Crippen molar-refractivity contribution in [1.82, 2.24) is 4.98 Å². The Hall–Kier alpha value is -1.53. The highest BCUT2D eigenvalue weighted by Crippen LogP contribution is 2.42. The lowest BCUT2D eigenvalue weighted by Crippen LogP contribution is -2.27. The zero-order valence-corrected chi connectivity index (χ0v) is 11.9. The van der Waals surface area contributed by atoms with Crippen LogP contribution in [-0.2, 0) is 4.79 Å². The number of amides is 1. The molecule has 1 atom stereocenters. The molecule has 19 heavy (non-hydrogen) atoms. The molecule has 1 saturated heterocycles. The van der Waals surface area contributed by atoms with Crippen LogP contribution in [0.2, 0.25) is 0 Å². The van der Waals surface area contributed by atoms with Gasteiger partial charge in [-0.1, -0.05) is 12.1 Å². The molecule has 0 radical (unpaired) electrons. The van der Waals surface area contributed by atoms with E-state index in [2.05, 4.69) is 4.98 Å². The van der Waals surface area contributed by atoms with Gasteiger partial charge in [-0.2, -0.15) is 0 Å². The Morgan fingerprint density at radius 2 is 2.37 bits per heavy atom. The molecule has 1 aliphatic rings. The predicted octanol–water partition coefficient (Wildman–Crippen LogP) is 2.93. The minimum Gasteiger partial charge on any atom is -0.497 e. The highest BCUT2D eigenvalue weighted by Gasteiger charge is 2.35. The topological polar surface area (TPSA) is 42.4 Å². The molecule has 0 bridgehead atoms. The maximum atomic E-state index is 12.1. The van der Waals surface area contributed by atoms with Gasteiger partial charge in [-0.25, -0.2) is 4.98 Å². The molecule has 0 saturated carbocycles. The summed E-state index contributed by atoms with van der Waals surface area (Å²) in [6, 6.07) is 7.83. The summed E-state index contributed by atoms with van der Waals surface area (Å²) in [6.45, 7) is 0. The summed E-state index contributed by atoms with van der Waals surface area (Å²) in [5.41, 5.74) is 1.06. The van der Waals surface area contributed by atoms with Gasteiger partial charge in [0.2, 0.25) is 5.91 Å². The average molecular weight is 292 g/mol. The van der Waals surface area contributed by atoms with Crippen LogP contribution in [0.25, 0.3) is 0 Å². The number of ether oxygens (including phenoxy) is 1. The van der Waals surface area contributed by atoms with E-state index in [9.17, 15) is 4.79 Å². The Labute approximate surface area is 119 Å². The van der Waals surface area contributed by atoms with E-state index >= 15 is 0 Å². The Kier molecular flexibility index (Phi) is 3.44. The number of carbonyl (C=O) groups is 1. The number of thioether (sulfide) groups is 1. The maximum Gasteiger partial charge on any atom is 0.240 e. The van der Waals surface area contributed by atoms with Gasteiger partial charge >= 0.3 is 0 Å². The molecule has 0 unspecified atom stereocenters. The van der Waals surface area contributed by atoms with Crippen LogP contribution in [0.4, 0.5) is 5.13 Å². The number of carbonyl (C=O) groups excluding carboxylic acids is 1. The molecular formula is C13H12N2O2S2. The Morgan fingerprint density at radius 1 is 1.47 bits per heavy atom. The van der Waals surface area contributed by atoms with Gasteiger partial charge in [-0.05, 0) is 17.7 Å². The minimum absolute atomic E-state index is 0.0197. The van der Waals surface area contributed by atoms with Crippen molar-refractivity contribution in [3.8, 4) is 5.75 Å². The monoisotopic (exact) mass is 292 g/mol. The zero-order chi connectivity index (χ0) is 13.2. The van der Waals surface area contributed by atoms with Crippen LogP contribution in [0.1, 0.15) is 10.9 Å². The number of hydrogen-bond acceptors (Lipinski definition) is 5. The summed E-state index contributed by atoms with van der Waals surface area (Å²) in [5, 5.41) is 2.62. The summed E-state index contributed by atoms with van der Waals surface area (Å²) < 4.78 is 5.24. The molecule has 0 aliphatic carbocycles. The number of methoxy groups -OCH3 is 1. The van der Waals surface area contributed by atoms with Crippen molar-refractivity contribution in [2.24, 2.45) is 0 Å². The SMILES string of the molecule is COc1cccc([C@H]2SCC(=O)N2c2nccs2)c1. The van der Waals surface area contributed by atoms with Crippen molar-refractivity contribution >= 4 is 34.1 Å². The van der Waals surface area contributed by atoms with Gasteiger partial charge in [0.25, 0.3) is 0 Å². The molecular weight excluding hydrogens is 280 g/mol. The van der Waals surface area contributed by atoms with E-state index in [0.29, 0.717) is 5.75 Å². The van der Waals surface area contributed by atoms with Crippen LogP contribution in [0, 0.1) is 0 Å². The molecule has 1 amide bonds. The van der Waals surface area contributed by atoms with Gasteiger partial charge in [0, 0.05) is 11.6 Å². The van der Waals surface area contributed by atoms with Crippen molar-refractivity contribution in [3.63, 3.8) is 0 Å². The van der Waals surface area contributed by atoms with E-state index in [0.717, 1.165) is 16.4 Å². The highest BCUT2D eigenvalue weighted by molar-refractivity contribution is 8.00. The second-order valence-electron chi connectivity index (χ2n) is 4.02. The van der Waals surface area contributed by atoms with Crippen molar-refractivity contribution in [2.45, 2.75) is 5.37 Å². The second kappa shape index (κ2) is 5.22. The predicted molar refractivity (Wildman–Crippen MR) is 77.8 cm³/mol. The largest absolute Gasteiger partial charge is 0.497 e. The van der Waals surface area contributed by atoms with E-state index in [1.54, 1.807) is 30.0 Å². The molecule has 1 fully saturated rings. The number of nitrogens with zero attached hydrogens (tertiary/aromatic N) is 2. The molecule has 3 rings (SSSR count). The van der Waals surface area contributed by atoms with Crippen molar-refractivity contribution in [2.75, 3.05) is 17.8 Å². The molecule has 1 aliphatic heterocycles. The molecule has 1 aromatic heterocycles. The molecule has 2 aromatic rings. The van der Waals surface area contributed by atoms with E-state index in [1.165, 1.54) is 11.3 Å². The first-order valence-electron chi connectivity index (χ1n) is 5.76. The molecule has 0 spiro atoms. The zero-order valence-electron chi connectivity index (χ0n) is 10.3. The van der Waals surface area contributed by atoms with Crippen LogP contribution < -0.4 is 9.64 Å². The van der Waals surface area contributed by atoms with Crippen molar-refractivity contribution < 1.29 is 9.53 Å². The summed E-state index contributed by atoms with van der Waals surface area (Å²) in [6.07, 6.45) is 1.72. The van der Waals surface area contributed by atoms with Gasteiger partial charge in [-0.3, -0.25) is 9.69 Å². The standard InChI is InChI=1S/C13H12N2O2S2/c1-17-10-4-2-3-9(7-10)12-15(11(16)8-19-12)13-14-5-6-18-13/h2-7,12H,8H2,1H3/t12-/m1/s1. The third-order valence-electron chi connectivity index (χ3n) is 2.87. The van der Waals surface area contributed by atoms with Crippen LogP contribution in [0.15, 0.2) is 35.8 Å². The number of rotatable bonds is 3. The fraction of sp³-hybridized carbons (Fsp3) is 0.231. The summed E-state index contributed by atoms with van der Waals surface area (Å²) in [4.78, 5) is 18.1. The Bertz CT molecular complexity index is 586.